The molecule has 0 atom stereocenters. The number of nitrogens with one attached hydrogen (secondary N) is 2. The van der Waals surface area contributed by atoms with Crippen molar-refractivity contribution < 1.29 is 4.79 Å². The molecule has 26 heavy (non-hydrogen) atoms. The molecule has 0 saturated heterocycles. The van der Waals surface area contributed by atoms with Crippen LogP contribution in [0.4, 0.5) is 5.82 Å². The summed E-state index contributed by atoms with van der Waals surface area (Å²) < 4.78 is 1.50. The van der Waals surface area contributed by atoms with E-state index in [0.29, 0.717) is 11.6 Å². The van der Waals surface area contributed by atoms with Crippen LogP contribution in [0.2, 0.25) is 0 Å². The van der Waals surface area contributed by atoms with E-state index in [2.05, 4.69) is 32.0 Å². The molecule has 0 bridgehead atoms. The summed E-state index contributed by atoms with van der Waals surface area (Å²) in [6.45, 7) is 6.02. The number of aromatic nitrogens is 4. The van der Waals surface area contributed by atoms with Crippen LogP contribution >= 0.6 is 0 Å². The van der Waals surface area contributed by atoms with Crippen LogP contribution in [0.5, 0.6) is 0 Å². The lowest BCUT2D eigenvalue weighted by atomic mass is 10.1. The van der Waals surface area contributed by atoms with Crippen molar-refractivity contribution in [3.05, 3.63) is 65.6 Å². The number of aryl methyl sites for hydroxylation is 3. The first-order chi connectivity index (χ1) is 12.5. The highest BCUT2D eigenvalue weighted by molar-refractivity contribution is 5.90. The third-order valence-corrected chi connectivity index (χ3v) is 3.59. The molecule has 2 N–H and O–H groups in total. The minimum Gasteiger partial charge on any atom is -0.282 e. The van der Waals surface area contributed by atoms with Crippen LogP contribution in [0.25, 0.3) is 17.6 Å². The van der Waals surface area contributed by atoms with Crippen molar-refractivity contribution in [2.24, 2.45) is 0 Å². The van der Waals surface area contributed by atoms with Crippen molar-refractivity contribution in [2.45, 2.75) is 20.8 Å². The van der Waals surface area contributed by atoms with Crippen LogP contribution in [0, 0.1) is 20.8 Å². The molecule has 3 rings (SSSR count). The van der Waals surface area contributed by atoms with Crippen molar-refractivity contribution in [3.63, 3.8) is 0 Å². The van der Waals surface area contributed by atoms with Crippen molar-refractivity contribution in [1.29, 1.82) is 0 Å². The Morgan fingerprint density at radius 2 is 1.81 bits per heavy atom. The molecule has 7 nitrogen and oxygen atoms in total. The number of benzene rings is 1. The van der Waals surface area contributed by atoms with Gasteiger partial charge in [-0.2, -0.15) is 0 Å². The lowest BCUT2D eigenvalue weighted by Gasteiger charge is -2.05. The second kappa shape index (κ2) is 7.60. The van der Waals surface area contributed by atoms with Gasteiger partial charge in [0.15, 0.2) is 5.82 Å². The molecule has 0 aliphatic rings. The van der Waals surface area contributed by atoms with Gasteiger partial charge in [-0.25, -0.2) is 14.6 Å². The molecule has 132 valence electrons. The number of pyridine rings is 1. The van der Waals surface area contributed by atoms with Gasteiger partial charge in [0.05, 0.1) is 0 Å². The molecular formula is C19H20N6O. The molecule has 0 aliphatic carbocycles. The number of carbonyl (C=O) groups excluding carboxylic acids is 1. The zero-order valence-corrected chi connectivity index (χ0v) is 14.9. The van der Waals surface area contributed by atoms with E-state index in [1.165, 1.54) is 10.8 Å². The summed E-state index contributed by atoms with van der Waals surface area (Å²) in [7, 11) is 0. The normalized spacial score (nSPS) is 10.9. The second-order valence-corrected chi connectivity index (χ2v) is 6.08. The lowest BCUT2D eigenvalue weighted by Crippen LogP contribution is -2.28. The average molecular weight is 348 g/mol. The van der Waals surface area contributed by atoms with E-state index in [4.69, 9.17) is 0 Å². The summed E-state index contributed by atoms with van der Waals surface area (Å²) in [6.07, 6.45) is 6.18. The largest absolute Gasteiger partial charge is 0.282 e. The van der Waals surface area contributed by atoms with Crippen LogP contribution in [-0.4, -0.2) is 25.7 Å². The van der Waals surface area contributed by atoms with Gasteiger partial charge in [0.2, 0.25) is 0 Å². The molecule has 0 aliphatic heterocycles. The summed E-state index contributed by atoms with van der Waals surface area (Å²) in [4.78, 5) is 20.3. The smallest absolute Gasteiger partial charge is 0.263 e. The molecule has 2 heterocycles. The van der Waals surface area contributed by atoms with Gasteiger partial charge < -0.3 is 0 Å². The highest BCUT2D eigenvalue weighted by Crippen LogP contribution is 2.18. The zero-order chi connectivity index (χ0) is 18.5. The van der Waals surface area contributed by atoms with E-state index in [0.717, 1.165) is 22.3 Å². The minimum absolute atomic E-state index is 0.323. The molecule has 0 spiro atoms. The fraction of sp³-hybridized carbons (Fsp3) is 0.158. The number of hydrogen-bond donors (Lipinski definition) is 2. The molecule has 2 aromatic heterocycles. The van der Waals surface area contributed by atoms with Crippen LogP contribution in [0.15, 0.2) is 48.9 Å². The Labute approximate surface area is 151 Å². The third kappa shape index (κ3) is 4.54. The number of nitrogens with zero attached hydrogens (tertiary/aromatic N) is 4. The molecule has 1 amide bonds. The Hall–Kier alpha value is -3.48. The Morgan fingerprint density at radius 1 is 1.04 bits per heavy atom. The highest BCUT2D eigenvalue weighted by atomic mass is 16.2. The first kappa shape index (κ1) is 17.3. The fourth-order valence-corrected chi connectivity index (χ4v) is 2.44. The Morgan fingerprint density at radius 3 is 2.50 bits per heavy atom. The molecule has 0 saturated carbocycles. The molecule has 0 unspecified atom stereocenters. The maximum Gasteiger partial charge on any atom is 0.263 e. The van der Waals surface area contributed by atoms with Gasteiger partial charge in [-0.15, -0.1) is 5.10 Å². The maximum absolute atomic E-state index is 11.9. The van der Waals surface area contributed by atoms with Crippen molar-refractivity contribution >= 4 is 17.9 Å². The molecule has 1 aromatic carbocycles. The summed E-state index contributed by atoms with van der Waals surface area (Å²) in [5.74, 6) is 0.856. The Balaban J connectivity index is 1.61. The van der Waals surface area contributed by atoms with E-state index < -0.39 is 0 Å². The first-order valence-electron chi connectivity index (χ1n) is 8.16. The van der Waals surface area contributed by atoms with Crippen molar-refractivity contribution in [3.8, 4) is 11.4 Å². The summed E-state index contributed by atoms with van der Waals surface area (Å²) in [5, 5.41) is 4.37. The SMILES string of the molecule is Cc1ccc(NNC(=O)/C=C\n2cnc(-c3cc(C)cc(C)c3)n2)nc1. The molecule has 7 heteroatoms. The van der Waals surface area contributed by atoms with Crippen LogP contribution in [0.1, 0.15) is 16.7 Å². The van der Waals surface area contributed by atoms with E-state index in [1.807, 2.05) is 39.0 Å². The van der Waals surface area contributed by atoms with Crippen LogP contribution in [-0.2, 0) is 4.79 Å². The van der Waals surface area contributed by atoms with Gasteiger partial charge in [-0.05, 0) is 44.5 Å². The second-order valence-electron chi connectivity index (χ2n) is 6.08. The molecular weight excluding hydrogens is 328 g/mol. The number of hydrogen-bond acceptors (Lipinski definition) is 5. The van der Waals surface area contributed by atoms with E-state index >= 15 is 0 Å². The van der Waals surface area contributed by atoms with E-state index in [-0.39, 0.29) is 5.91 Å². The average Bonchev–Trinajstić information content (AvgIpc) is 3.08. The highest BCUT2D eigenvalue weighted by Gasteiger charge is 2.05. The van der Waals surface area contributed by atoms with Crippen molar-refractivity contribution in [1.82, 2.24) is 25.2 Å². The molecule has 3 aromatic rings. The monoisotopic (exact) mass is 348 g/mol. The number of amides is 1. The van der Waals surface area contributed by atoms with E-state index in [9.17, 15) is 4.79 Å². The maximum atomic E-state index is 11.9. The predicted octanol–water partition coefficient (Wildman–Crippen LogP) is 2.88. The number of carbonyl (C=O) groups is 1. The van der Waals surface area contributed by atoms with Crippen LogP contribution in [0.3, 0.4) is 0 Å². The summed E-state index contributed by atoms with van der Waals surface area (Å²) in [6, 6.07) is 9.85. The van der Waals surface area contributed by atoms with Gasteiger partial charge in [0.25, 0.3) is 5.91 Å². The number of rotatable bonds is 5. The molecule has 0 radical (unpaired) electrons. The summed E-state index contributed by atoms with van der Waals surface area (Å²) >= 11 is 0. The molecule has 0 fully saturated rings. The number of anilines is 1. The Kier molecular flexibility index (Phi) is 5.07. The van der Waals surface area contributed by atoms with Gasteiger partial charge >= 0.3 is 0 Å². The first-order valence-corrected chi connectivity index (χ1v) is 8.16. The van der Waals surface area contributed by atoms with Crippen molar-refractivity contribution in [2.75, 3.05) is 5.43 Å². The van der Waals surface area contributed by atoms with Gasteiger partial charge in [-0.1, -0.05) is 23.3 Å². The summed E-state index contributed by atoms with van der Waals surface area (Å²) in [5.41, 5.74) is 9.59. The van der Waals surface area contributed by atoms with Crippen LogP contribution < -0.4 is 10.9 Å². The minimum atomic E-state index is -0.323. The quantitative estimate of drug-likeness (QED) is 0.547. The third-order valence-electron chi connectivity index (χ3n) is 3.59. The standard InChI is InChI=1S/C19H20N6O/c1-13-4-5-17(20-11-13)22-23-18(26)6-7-25-12-21-19(24-25)16-9-14(2)8-15(3)10-16/h4-12H,1-3H3,(H,20,22)(H,23,26)/b7-6-. The number of hydrazine groups is 1. The lowest BCUT2D eigenvalue weighted by molar-refractivity contribution is -0.116. The van der Waals surface area contributed by atoms with Gasteiger partial charge in [0.1, 0.15) is 12.1 Å². The van der Waals surface area contributed by atoms with E-state index in [1.54, 1.807) is 24.8 Å². The predicted molar refractivity (Wildman–Crippen MR) is 101 cm³/mol. The Bertz CT molecular complexity index is 923. The topological polar surface area (TPSA) is 84.7 Å². The fourth-order valence-electron chi connectivity index (χ4n) is 2.44. The van der Waals surface area contributed by atoms with Gasteiger partial charge in [-0.3, -0.25) is 15.6 Å². The zero-order valence-electron chi connectivity index (χ0n) is 14.9. The van der Waals surface area contributed by atoms with Gasteiger partial charge in [0, 0.05) is 24.0 Å².